The summed E-state index contributed by atoms with van der Waals surface area (Å²) < 4.78 is 10.9. The summed E-state index contributed by atoms with van der Waals surface area (Å²) in [7, 11) is 0. The van der Waals surface area contributed by atoms with Gasteiger partial charge >= 0.3 is 6.09 Å². The van der Waals surface area contributed by atoms with E-state index in [4.69, 9.17) is 9.15 Å². The monoisotopic (exact) mass is 574 g/mol. The lowest BCUT2D eigenvalue weighted by atomic mass is 9.95. The number of ketones is 1. The van der Waals surface area contributed by atoms with E-state index in [1.807, 2.05) is 88.4 Å². The second kappa shape index (κ2) is 13.9. The molecule has 4 rings (SSSR count). The molecule has 3 unspecified atom stereocenters. The maximum atomic E-state index is 13.6. The van der Waals surface area contributed by atoms with Crippen molar-refractivity contribution < 1.29 is 28.3 Å². The van der Waals surface area contributed by atoms with Crippen LogP contribution in [0.4, 0.5) is 4.79 Å². The summed E-state index contributed by atoms with van der Waals surface area (Å²) in [4.78, 5) is 59.0. The van der Waals surface area contributed by atoms with E-state index in [-0.39, 0.29) is 35.8 Å². The fourth-order valence-electron chi connectivity index (χ4n) is 5.03. The van der Waals surface area contributed by atoms with Crippen molar-refractivity contribution in [3.8, 4) is 11.3 Å². The molecule has 2 aromatic carbocycles. The Labute approximate surface area is 245 Å². The molecule has 1 aliphatic rings. The molecule has 1 fully saturated rings. The number of hydrogen-bond donors (Lipinski definition) is 2. The fraction of sp³-hybridized carbons (Fsp3) is 0.406. The van der Waals surface area contributed by atoms with Crippen molar-refractivity contribution in [2.45, 2.75) is 65.3 Å². The molecule has 1 saturated heterocycles. The average Bonchev–Trinajstić information content (AvgIpc) is 3.68. The van der Waals surface area contributed by atoms with Crippen LogP contribution < -0.4 is 10.6 Å². The zero-order valence-electron chi connectivity index (χ0n) is 24.4. The number of benzene rings is 2. The van der Waals surface area contributed by atoms with Crippen molar-refractivity contribution in [3.05, 3.63) is 78.3 Å². The van der Waals surface area contributed by atoms with Crippen molar-refractivity contribution in [2.24, 2.45) is 11.8 Å². The number of nitrogens with one attached hydrogen (secondary N) is 2. The van der Waals surface area contributed by atoms with Gasteiger partial charge in [0.05, 0.1) is 6.04 Å². The number of carbonyl (C=O) groups excluding carboxylic acids is 4. The van der Waals surface area contributed by atoms with Crippen molar-refractivity contribution in [2.75, 3.05) is 6.54 Å². The molecule has 0 spiro atoms. The van der Waals surface area contributed by atoms with Crippen LogP contribution >= 0.6 is 0 Å². The average molecular weight is 575 g/mol. The molecule has 2 heterocycles. The predicted molar refractivity (Wildman–Crippen MR) is 156 cm³/mol. The molecule has 0 aliphatic carbocycles. The summed E-state index contributed by atoms with van der Waals surface area (Å²) in [6.45, 7) is 7.75. The lowest BCUT2D eigenvalue weighted by molar-refractivity contribution is -0.141. The minimum Gasteiger partial charge on any atom is -0.445 e. The Morgan fingerprint density at radius 1 is 0.929 bits per heavy atom. The van der Waals surface area contributed by atoms with Crippen LogP contribution in [0.2, 0.25) is 0 Å². The smallest absolute Gasteiger partial charge is 0.408 e. The van der Waals surface area contributed by atoms with Crippen molar-refractivity contribution in [1.82, 2.24) is 20.5 Å². The summed E-state index contributed by atoms with van der Waals surface area (Å²) in [5.74, 6) is -1.33. The van der Waals surface area contributed by atoms with Crippen LogP contribution in [0.15, 0.2) is 71.5 Å². The molecular formula is C32H38N4O6. The lowest BCUT2D eigenvalue weighted by Gasteiger charge is -2.31. The maximum absolute atomic E-state index is 13.6. The van der Waals surface area contributed by atoms with E-state index in [1.54, 1.807) is 0 Å². The van der Waals surface area contributed by atoms with Gasteiger partial charge in [0.1, 0.15) is 18.7 Å². The first-order valence-electron chi connectivity index (χ1n) is 14.3. The van der Waals surface area contributed by atoms with Crippen LogP contribution in [-0.2, 0) is 20.9 Å². The molecule has 222 valence electrons. The van der Waals surface area contributed by atoms with Crippen LogP contribution in [0.3, 0.4) is 0 Å². The first-order valence-corrected chi connectivity index (χ1v) is 14.3. The van der Waals surface area contributed by atoms with Crippen LogP contribution in [0.1, 0.15) is 56.6 Å². The fourth-order valence-corrected chi connectivity index (χ4v) is 5.03. The highest BCUT2D eigenvalue weighted by molar-refractivity contribution is 6.05. The number of aromatic nitrogens is 1. The van der Waals surface area contributed by atoms with E-state index < -0.39 is 30.1 Å². The summed E-state index contributed by atoms with van der Waals surface area (Å²) in [6, 6.07) is 15.9. The number of amides is 3. The van der Waals surface area contributed by atoms with Crippen LogP contribution in [0.25, 0.3) is 11.3 Å². The number of carbonyl (C=O) groups is 4. The Kier molecular flexibility index (Phi) is 10.1. The maximum Gasteiger partial charge on any atom is 0.408 e. The molecule has 0 saturated carbocycles. The number of nitrogens with zero attached hydrogens (tertiary/aromatic N) is 2. The van der Waals surface area contributed by atoms with Gasteiger partial charge in [0.15, 0.2) is 17.8 Å². The van der Waals surface area contributed by atoms with Crippen LogP contribution in [0.5, 0.6) is 0 Å². The molecule has 3 amide bonds. The van der Waals surface area contributed by atoms with Crippen molar-refractivity contribution in [3.63, 3.8) is 0 Å². The SMILES string of the molecule is CC(C)C(NC(=O)C1CCCN1C(=O)C(NC(=O)OCc1ccccc1)C(C)C)C(=O)c1ncoc1-c1ccccc1. The second-order valence-electron chi connectivity index (χ2n) is 11.1. The van der Waals surface area contributed by atoms with E-state index in [0.29, 0.717) is 30.7 Å². The van der Waals surface area contributed by atoms with Crippen LogP contribution in [0, 0.1) is 11.8 Å². The first-order chi connectivity index (χ1) is 20.2. The standard InChI is InChI=1S/C32H38N4O6/c1-20(2)25(28(37)27-29(42-19-33-27)23-14-9-6-10-15-23)34-30(38)24-16-11-17-36(24)31(39)26(21(3)4)35-32(40)41-18-22-12-7-5-8-13-22/h5-10,12-15,19-21,24-26H,11,16-18H2,1-4H3,(H,34,38)(H,35,40). The molecule has 1 aromatic heterocycles. The molecule has 3 atom stereocenters. The Morgan fingerprint density at radius 3 is 2.21 bits per heavy atom. The van der Waals surface area contributed by atoms with E-state index in [9.17, 15) is 19.2 Å². The minimum atomic E-state index is -0.882. The third kappa shape index (κ3) is 7.23. The Balaban J connectivity index is 1.44. The molecule has 0 radical (unpaired) electrons. The minimum absolute atomic E-state index is 0.0720. The molecule has 10 heteroatoms. The van der Waals surface area contributed by atoms with Gasteiger partial charge in [-0.25, -0.2) is 9.78 Å². The van der Waals surface area contributed by atoms with Crippen molar-refractivity contribution >= 4 is 23.7 Å². The number of likely N-dealkylation sites (tertiary alicyclic amines) is 1. The predicted octanol–water partition coefficient (Wildman–Crippen LogP) is 4.61. The summed E-state index contributed by atoms with van der Waals surface area (Å²) in [5, 5.41) is 5.56. The molecule has 1 aliphatic heterocycles. The number of alkyl carbamates (subject to hydrolysis) is 1. The van der Waals surface area contributed by atoms with Gasteiger partial charge < -0.3 is 24.7 Å². The molecule has 0 bridgehead atoms. The van der Waals surface area contributed by atoms with Gasteiger partial charge in [0.25, 0.3) is 0 Å². The van der Waals surface area contributed by atoms with E-state index in [2.05, 4.69) is 15.6 Å². The molecule has 2 N–H and O–H groups in total. The number of ether oxygens (including phenoxy) is 1. The second-order valence-corrected chi connectivity index (χ2v) is 11.1. The van der Waals surface area contributed by atoms with Gasteiger partial charge in [-0.1, -0.05) is 88.4 Å². The van der Waals surface area contributed by atoms with Gasteiger partial charge in [-0.15, -0.1) is 0 Å². The normalized spacial score (nSPS) is 16.2. The van der Waals surface area contributed by atoms with Gasteiger partial charge in [0.2, 0.25) is 17.6 Å². The van der Waals surface area contributed by atoms with E-state index in [1.165, 1.54) is 11.3 Å². The first kappa shape index (κ1) is 30.5. The van der Waals surface area contributed by atoms with Crippen LogP contribution in [-0.4, -0.2) is 58.2 Å². The van der Waals surface area contributed by atoms with Gasteiger partial charge in [0, 0.05) is 12.1 Å². The summed E-state index contributed by atoms with van der Waals surface area (Å²) in [5.41, 5.74) is 1.67. The third-order valence-electron chi connectivity index (χ3n) is 7.34. The van der Waals surface area contributed by atoms with E-state index >= 15 is 0 Å². The lowest BCUT2D eigenvalue weighted by Crippen LogP contribution is -2.57. The van der Waals surface area contributed by atoms with E-state index in [0.717, 1.165) is 5.56 Å². The highest BCUT2D eigenvalue weighted by Gasteiger charge is 2.40. The van der Waals surface area contributed by atoms with Crippen molar-refractivity contribution in [1.29, 1.82) is 0 Å². The Morgan fingerprint density at radius 2 is 1.57 bits per heavy atom. The number of rotatable bonds is 11. The topological polar surface area (TPSA) is 131 Å². The Bertz CT molecular complexity index is 1370. The molecular weight excluding hydrogens is 536 g/mol. The number of Topliss-reactive ketones (excluding diaryl/α,β-unsaturated/α-hetero) is 1. The van der Waals surface area contributed by atoms with Gasteiger partial charge in [-0.3, -0.25) is 14.4 Å². The Hall–Kier alpha value is -4.47. The zero-order chi connectivity index (χ0) is 30.2. The largest absolute Gasteiger partial charge is 0.445 e. The van der Waals surface area contributed by atoms with Gasteiger partial charge in [-0.05, 0) is 30.2 Å². The number of oxazole rings is 1. The highest BCUT2D eigenvalue weighted by atomic mass is 16.5. The quantitative estimate of drug-likeness (QED) is 0.320. The van der Waals surface area contributed by atoms with Gasteiger partial charge in [-0.2, -0.15) is 0 Å². The zero-order valence-corrected chi connectivity index (χ0v) is 24.4. The molecule has 42 heavy (non-hydrogen) atoms. The molecule has 10 nitrogen and oxygen atoms in total. The summed E-state index contributed by atoms with van der Waals surface area (Å²) >= 11 is 0. The summed E-state index contributed by atoms with van der Waals surface area (Å²) in [6.07, 6.45) is 1.57. The highest BCUT2D eigenvalue weighted by Crippen LogP contribution is 2.26. The molecule has 3 aromatic rings. The third-order valence-corrected chi connectivity index (χ3v) is 7.34. The number of hydrogen-bond acceptors (Lipinski definition) is 7.